The second-order valence-corrected chi connectivity index (χ2v) is 1.47. The van der Waals surface area contributed by atoms with E-state index >= 15 is 0 Å². The molecule has 5 heteroatoms. The third kappa shape index (κ3) is 3.11. The molecule has 0 radical (unpaired) electrons. The van der Waals surface area contributed by atoms with E-state index in [1.54, 1.807) is 0 Å². The molecule has 1 amide bonds. The first-order valence-corrected chi connectivity index (χ1v) is 2.47. The first-order chi connectivity index (χ1) is 4.48. The lowest BCUT2D eigenvalue weighted by Crippen LogP contribution is -2.33. The summed E-state index contributed by atoms with van der Waals surface area (Å²) in [7, 11) is 0. The fourth-order valence-electron chi connectivity index (χ4n) is 0.241. The van der Waals surface area contributed by atoms with Gasteiger partial charge in [0.2, 0.25) is 0 Å². The summed E-state index contributed by atoms with van der Waals surface area (Å²) in [4.78, 5) is 9.94. The Morgan fingerprint density at radius 3 is 2.30 bits per heavy atom. The van der Waals surface area contributed by atoms with Gasteiger partial charge in [-0.05, 0) is 13.1 Å². The van der Waals surface area contributed by atoms with E-state index in [9.17, 15) is 18.0 Å². The molecule has 0 heterocycles. The van der Waals surface area contributed by atoms with E-state index in [1.165, 1.54) is 18.3 Å². The Bertz CT molecular complexity index is 149. The topological polar surface area (TPSA) is 29.1 Å². The fourth-order valence-corrected chi connectivity index (χ4v) is 0.241. The van der Waals surface area contributed by atoms with Crippen molar-refractivity contribution in [2.45, 2.75) is 13.1 Å². The number of carbonyl (C=O) groups excluding carboxylic acids is 1. The number of allylic oxidation sites excluding steroid dienone is 1. The van der Waals surface area contributed by atoms with Gasteiger partial charge in [-0.1, -0.05) is 6.08 Å². The van der Waals surface area contributed by atoms with Crippen molar-refractivity contribution in [1.82, 2.24) is 5.32 Å². The van der Waals surface area contributed by atoms with Gasteiger partial charge in [0.15, 0.2) is 0 Å². The highest BCUT2D eigenvalue weighted by Crippen LogP contribution is 2.13. The third-order valence-electron chi connectivity index (χ3n) is 0.639. The SMILES string of the molecule is CC=CNC(=O)C(F)(F)F. The van der Waals surface area contributed by atoms with E-state index in [-0.39, 0.29) is 0 Å². The Kier molecular flexibility index (Phi) is 2.92. The maximum Gasteiger partial charge on any atom is 0.471 e. The first kappa shape index (κ1) is 9.00. The molecule has 0 fully saturated rings. The molecule has 0 aromatic rings. The van der Waals surface area contributed by atoms with Crippen LogP contribution in [0.1, 0.15) is 6.92 Å². The summed E-state index contributed by atoms with van der Waals surface area (Å²) in [6, 6.07) is 0. The van der Waals surface area contributed by atoms with Crippen molar-refractivity contribution in [3.63, 3.8) is 0 Å². The Morgan fingerprint density at radius 1 is 1.50 bits per heavy atom. The quantitative estimate of drug-likeness (QED) is 0.602. The van der Waals surface area contributed by atoms with Gasteiger partial charge >= 0.3 is 12.1 Å². The van der Waals surface area contributed by atoms with E-state index in [0.29, 0.717) is 0 Å². The number of amides is 1. The molecule has 0 aliphatic carbocycles. The minimum atomic E-state index is -4.79. The number of hydrogen-bond donors (Lipinski definition) is 1. The lowest BCUT2D eigenvalue weighted by Gasteiger charge is -2.02. The van der Waals surface area contributed by atoms with Crippen LogP contribution in [-0.4, -0.2) is 12.1 Å². The number of alkyl halides is 3. The molecule has 0 spiro atoms. The summed E-state index contributed by atoms with van der Waals surface area (Å²) in [5.74, 6) is -1.95. The van der Waals surface area contributed by atoms with Crippen LogP contribution in [0.2, 0.25) is 0 Å². The predicted molar refractivity (Wildman–Crippen MR) is 29.0 cm³/mol. The Morgan fingerprint density at radius 2 is 2.00 bits per heavy atom. The summed E-state index contributed by atoms with van der Waals surface area (Å²) in [6.07, 6.45) is -2.57. The van der Waals surface area contributed by atoms with Gasteiger partial charge in [-0.15, -0.1) is 0 Å². The van der Waals surface area contributed by atoms with Gasteiger partial charge in [0.05, 0.1) is 0 Å². The number of halogens is 3. The lowest BCUT2D eigenvalue weighted by atomic mass is 10.6. The average Bonchev–Trinajstić information content (AvgIpc) is 1.80. The molecule has 0 saturated carbocycles. The zero-order valence-corrected chi connectivity index (χ0v) is 5.20. The van der Waals surface area contributed by atoms with Crippen molar-refractivity contribution < 1.29 is 18.0 Å². The number of nitrogens with one attached hydrogen (secondary N) is 1. The van der Waals surface area contributed by atoms with Crippen LogP contribution in [0.5, 0.6) is 0 Å². The van der Waals surface area contributed by atoms with Crippen LogP contribution in [0, 0.1) is 0 Å². The van der Waals surface area contributed by atoms with Crippen molar-refractivity contribution >= 4 is 5.91 Å². The summed E-state index contributed by atoms with van der Waals surface area (Å²) in [6.45, 7) is 1.50. The molecule has 0 saturated heterocycles. The van der Waals surface area contributed by atoms with Crippen molar-refractivity contribution in [3.8, 4) is 0 Å². The molecule has 0 aliphatic heterocycles. The molecular formula is C5H6F3NO. The third-order valence-corrected chi connectivity index (χ3v) is 0.639. The normalized spacial score (nSPS) is 12.0. The lowest BCUT2D eigenvalue weighted by molar-refractivity contribution is -0.172. The zero-order valence-electron chi connectivity index (χ0n) is 5.20. The van der Waals surface area contributed by atoms with Crippen molar-refractivity contribution in [3.05, 3.63) is 12.3 Å². The summed E-state index contributed by atoms with van der Waals surface area (Å²) < 4.78 is 34.0. The number of carbonyl (C=O) groups is 1. The molecule has 0 aliphatic rings. The zero-order chi connectivity index (χ0) is 8.20. The summed E-state index contributed by atoms with van der Waals surface area (Å²) in [5, 5.41) is 1.53. The standard InChI is InChI=1S/C5H6F3NO/c1-2-3-9-4(10)5(6,7)8/h2-3H,1H3,(H,9,10). The molecule has 0 bridgehead atoms. The molecule has 0 aromatic carbocycles. The van der Waals surface area contributed by atoms with Gasteiger partial charge in [-0.25, -0.2) is 0 Å². The molecule has 58 valence electrons. The van der Waals surface area contributed by atoms with Crippen molar-refractivity contribution in [1.29, 1.82) is 0 Å². The minimum Gasteiger partial charge on any atom is -0.325 e. The maximum atomic E-state index is 11.3. The molecule has 1 N–H and O–H groups in total. The first-order valence-electron chi connectivity index (χ1n) is 2.47. The summed E-state index contributed by atoms with van der Waals surface area (Å²) >= 11 is 0. The Hall–Kier alpha value is -1.00. The smallest absolute Gasteiger partial charge is 0.325 e. The molecule has 0 atom stereocenters. The predicted octanol–water partition coefficient (Wildman–Crippen LogP) is 1.20. The maximum absolute atomic E-state index is 11.3. The Labute approximate surface area is 55.7 Å². The van der Waals surface area contributed by atoms with Crippen LogP contribution in [-0.2, 0) is 4.79 Å². The van der Waals surface area contributed by atoms with E-state index in [0.717, 1.165) is 6.20 Å². The van der Waals surface area contributed by atoms with Crippen LogP contribution in [0.25, 0.3) is 0 Å². The van der Waals surface area contributed by atoms with Gasteiger partial charge in [-0.3, -0.25) is 4.79 Å². The van der Waals surface area contributed by atoms with Crippen LogP contribution in [0.4, 0.5) is 13.2 Å². The van der Waals surface area contributed by atoms with Crippen LogP contribution < -0.4 is 5.32 Å². The fraction of sp³-hybridized carbons (Fsp3) is 0.400. The van der Waals surface area contributed by atoms with E-state index in [4.69, 9.17) is 0 Å². The highest BCUT2D eigenvalue weighted by atomic mass is 19.4. The monoisotopic (exact) mass is 153 g/mol. The number of hydrogen-bond acceptors (Lipinski definition) is 1. The van der Waals surface area contributed by atoms with Crippen molar-refractivity contribution in [2.75, 3.05) is 0 Å². The molecule has 0 rings (SSSR count). The Balaban J connectivity index is 3.86. The molecule has 0 aromatic heterocycles. The highest BCUT2D eigenvalue weighted by Gasteiger charge is 2.37. The van der Waals surface area contributed by atoms with Crippen molar-refractivity contribution in [2.24, 2.45) is 0 Å². The molecule has 2 nitrogen and oxygen atoms in total. The largest absolute Gasteiger partial charge is 0.471 e. The van der Waals surface area contributed by atoms with Crippen LogP contribution >= 0.6 is 0 Å². The van der Waals surface area contributed by atoms with Gasteiger partial charge in [-0.2, -0.15) is 13.2 Å². The molecular weight excluding hydrogens is 147 g/mol. The second kappa shape index (κ2) is 3.24. The van der Waals surface area contributed by atoms with E-state index in [1.807, 2.05) is 0 Å². The van der Waals surface area contributed by atoms with Crippen LogP contribution in [0.15, 0.2) is 12.3 Å². The van der Waals surface area contributed by atoms with E-state index < -0.39 is 12.1 Å². The van der Waals surface area contributed by atoms with Gasteiger partial charge in [0.1, 0.15) is 0 Å². The summed E-state index contributed by atoms with van der Waals surface area (Å²) in [5.41, 5.74) is 0. The van der Waals surface area contributed by atoms with Gasteiger partial charge in [0.25, 0.3) is 0 Å². The van der Waals surface area contributed by atoms with Gasteiger partial charge in [0, 0.05) is 0 Å². The number of rotatable bonds is 1. The van der Waals surface area contributed by atoms with E-state index in [2.05, 4.69) is 0 Å². The average molecular weight is 153 g/mol. The van der Waals surface area contributed by atoms with Crippen LogP contribution in [0.3, 0.4) is 0 Å². The molecule has 0 unspecified atom stereocenters. The molecule has 10 heavy (non-hydrogen) atoms. The highest BCUT2D eigenvalue weighted by molar-refractivity contribution is 5.82. The minimum absolute atomic E-state index is 0.926. The van der Waals surface area contributed by atoms with Gasteiger partial charge < -0.3 is 5.32 Å². The second-order valence-electron chi connectivity index (χ2n) is 1.47.